The van der Waals surface area contributed by atoms with Crippen molar-refractivity contribution in [3.63, 3.8) is 0 Å². The lowest BCUT2D eigenvalue weighted by Crippen LogP contribution is -2.42. The molecule has 2 aromatic heterocycles. The van der Waals surface area contributed by atoms with Crippen molar-refractivity contribution in [3.8, 4) is 0 Å². The molecule has 1 saturated heterocycles. The first-order chi connectivity index (χ1) is 21.3. The van der Waals surface area contributed by atoms with Crippen molar-refractivity contribution >= 4 is 46.7 Å². The molecule has 4 heterocycles. The molecular weight excluding hydrogens is 614 g/mol. The zero-order valence-corrected chi connectivity index (χ0v) is 26.0. The van der Waals surface area contributed by atoms with E-state index in [1.807, 2.05) is 11.8 Å². The van der Waals surface area contributed by atoms with E-state index in [0.717, 1.165) is 6.07 Å². The molecule has 1 N–H and O–H groups in total. The molecule has 3 aromatic rings. The lowest BCUT2D eigenvalue weighted by Gasteiger charge is -2.36. The van der Waals surface area contributed by atoms with E-state index in [-0.39, 0.29) is 36.0 Å². The van der Waals surface area contributed by atoms with Gasteiger partial charge in [0.2, 0.25) is 5.95 Å². The van der Waals surface area contributed by atoms with Crippen LogP contribution < -0.4 is 10.2 Å². The van der Waals surface area contributed by atoms with Gasteiger partial charge < -0.3 is 19.7 Å². The maximum absolute atomic E-state index is 14.7. The van der Waals surface area contributed by atoms with Crippen LogP contribution in [-0.2, 0) is 20.7 Å². The van der Waals surface area contributed by atoms with E-state index in [0.29, 0.717) is 60.4 Å². The second-order valence-corrected chi connectivity index (χ2v) is 11.3. The number of aliphatic imine (C=N–C) groups is 1. The second-order valence-electron chi connectivity index (χ2n) is 10.0. The van der Waals surface area contributed by atoms with E-state index >= 15 is 0 Å². The fourth-order valence-electron chi connectivity index (χ4n) is 5.30. The van der Waals surface area contributed by atoms with E-state index in [4.69, 9.17) is 26.1 Å². The van der Waals surface area contributed by atoms with E-state index in [1.165, 1.54) is 17.4 Å². The van der Waals surface area contributed by atoms with Crippen LogP contribution in [0.1, 0.15) is 66.3 Å². The standard InChI is InChI=1S/C30H31ClF2N6O4S/c1-4-16-15-35-30(38-24(16)29(41)43-6-3)39-12-9-17(10-13-39)23-20(28(40)42-5-2)25(18-7-8-19(32)22(33)21(18)31)37-26(36-23)27-34-11-14-44-27/h7-8,11,14-15,17,25H,4-6,9-10,12-13H2,1-3H3,(H,36,37). The van der Waals surface area contributed by atoms with Crippen molar-refractivity contribution in [1.82, 2.24) is 20.3 Å². The number of carbonyl (C=O) groups is 2. The highest BCUT2D eigenvalue weighted by Gasteiger charge is 2.38. The van der Waals surface area contributed by atoms with Gasteiger partial charge in [-0.15, -0.1) is 11.3 Å². The fourth-order valence-corrected chi connectivity index (χ4v) is 6.14. The van der Waals surface area contributed by atoms with Gasteiger partial charge in [0.05, 0.1) is 23.8 Å². The Morgan fingerprint density at radius 1 is 1.09 bits per heavy atom. The van der Waals surface area contributed by atoms with Crippen LogP contribution in [0, 0.1) is 17.6 Å². The number of nitrogens with one attached hydrogen (secondary N) is 1. The van der Waals surface area contributed by atoms with Gasteiger partial charge in [-0.25, -0.2) is 33.3 Å². The number of thiazole rings is 1. The molecule has 0 bridgehead atoms. The molecule has 232 valence electrons. The molecule has 2 aliphatic rings. The summed E-state index contributed by atoms with van der Waals surface area (Å²) in [6.07, 6.45) is 5.00. The van der Waals surface area contributed by atoms with Gasteiger partial charge in [0.1, 0.15) is 6.04 Å². The van der Waals surface area contributed by atoms with Gasteiger partial charge in [-0.3, -0.25) is 4.99 Å². The summed E-state index contributed by atoms with van der Waals surface area (Å²) in [6.45, 7) is 6.71. The summed E-state index contributed by atoms with van der Waals surface area (Å²) < 4.78 is 39.3. The van der Waals surface area contributed by atoms with Crippen LogP contribution in [0.5, 0.6) is 0 Å². The Bertz CT molecular complexity index is 1610. The first-order valence-electron chi connectivity index (χ1n) is 14.3. The Morgan fingerprint density at radius 2 is 1.82 bits per heavy atom. The minimum absolute atomic E-state index is 0.100. The SMILES string of the molecule is CCOC(=O)C1=C(C2CCN(c3ncc(CC)c(C(=O)OCC)n3)CC2)NC(c2nccs2)=NC1c1ccc(F)c(F)c1Cl. The van der Waals surface area contributed by atoms with Crippen LogP contribution >= 0.6 is 22.9 Å². The van der Waals surface area contributed by atoms with Crippen LogP contribution in [0.3, 0.4) is 0 Å². The van der Waals surface area contributed by atoms with Crippen molar-refractivity contribution in [2.75, 3.05) is 31.2 Å². The van der Waals surface area contributed by atoms with Crippen LogP contribution in [0.15, 0.2) is 46.2 Å². The molecule has 0 radical (unpaired) electrons. The number of benzene rings is 1. The van der Waals surface area contributed by atoms with E-state index in [2.05, 4.69) is 20.3 Å². The molecule has 0 spiro atoms. The number of halogens is 3. The number of allylic oxidation sites excluding steroid dienone is 1. The van der Waals surface area contributed by atoms with E-state index < -0.39 is 34.6 Å². The lowest BCUT2D eigenvalue weighted by atomic mass is 9.85. The highest BCUT2D eigenvalue weighted by Crippen LogP contribution is 2.41. The van der Waals surface area contributed by atoms with Crippen LogP contribution in [0.25, 0.3) is 0 Å². The molecule has 5 rings (SSSR count). The average molecular weight is 645 g/mol. The monoisotopic (exact) mass is 644 g/mol. The Balaban J connectivity index is 1.51. The number of hydrogen-bond donors (Lipinski definition) is 1. The highest BCUT2D eigenvalue weighted by atomic mass is 35.5. The zero-order chi connectivity index (χ0) is 31.4. The minimum atomic E-state index is -1.22. The largest absolute Gasteiger partial charge is 0.463 e. The molecule has 0 saturated carbocycles. The van der Waals surface area contributed by atoms with Gasteiger partial charge >= 0.3 is 11.9 Å². The number of carbonyl (C=O) groups excluding carboxylic acids is 2. The summed E-state index contributed by atoms with van der Waals surface area (Å²) in [5.41, 5.74) is 1.82. The first-order valence-corrected chi connectivity index (χ1v) is 15.6. The molecule has 10 nitrogen and oxygen atoms in total. The van der Waals surface area contributed by atoms with Gasteiger partial charge in [0.15, 0.2) is 28.2 Å². The molecule has 1 atom stereocenters. The number of hydrogen-bond acceptors (Lipinski definition) is 11. The van der Waals surface area contributed by atoms with Gasteiger partial charge in [-0.1, -0.05) is 24.6 Å². The minimum Gasteiger partial charge on any atom is -0.463 e. The summed E-state index contributed by atoms with van der Waals surface area (Å²) in [5.74, 6) is -2.83. The van der Waals surface area contributed by atoms with E-state index in [9.17, 15) is 18.4 Å². The van der Waals surface area contributed by atoms with Crippen LogP contribution in [-0.4, -0.2) is 59.0 Å². The third kappa shape index (κ3) is 6.29. The van der Waals surface area contributed by atoms with Crippen molar-refractivity contribution in [1.29, 1.82) is 0 Å². The maximum atomic E-state index is 14.7. The smallest absolute Gasteiger partial charge is 0.357 e. The lowest BCUT2D eigenvalue weighted by molar-refractivity contribution is -0.139. The number of aryl methyl sites for hydroxylation is 1. The molecule has 14 heteroatoms. The quantitative estimate of drug-likeness (QED) is 0.240. The van der Waals surface area contributed by atoms with Crippen molar-refractivity contribution in [2.45, 2.75) is 46.1 Å². The number of rotatable bonds is 9. The Kier molecular flexibility index (Phi) is 9.84. The summed E-state index contributed by atoms with van der Waals surface area (Å²) in [5, 5.41) is 5.21. The van der Waals surface area contributed by atoms with Gasteiger partial charge in [0.25, 0.3) is 0 Å². The molecule has 44 heavy (non-hydrogen) atoms. The number of piperidine rings is 1. The normalized spacial score (nSPS) is 17.3. The van der Waals surface area contributed by atoms with Gasteiger partial charge in [0, 0.05) is 53.6 Å². The molecule has 0 amide bonds. The van der Waals surface area contributed by atoms with Gasteiger partial charge in [-0.2, -0.15) is 0 Å². The molecule has 1 fully saturated rings. The number of anilines is 1. The summed E-state index contributed by atoms with van der Waals surface area (Å²) in [7, 11) is 0. The number of ether oxygens (including phenoxy) is 2. The Labute approximate surface area is 262 Å². The summed E-state index contributed by atoms with van der Waals surface area (Å²) in [4.78, 5) is 46.2. The predicted molar refractivity (Wildman–Crippen MR) is 162 cm³/mol. The van der Waals surface area contributed by atoms with Crippen molar-refractivity contribution in [2.24, 2.45) is 10.9 Å². The maximum Gasteiger partial charge on any atom is 0.357 e. The zero-order valence-electron chi connectivity index (χ0n) is 24.4. The van der Waals surface area contributed by atoms with E-state index in [1.54, 1.807) is 31.6 Å². The third-order valence-corrected chi connectivity index (χ3v) is 8.62. The van der Waals surface area contributed by atoms with Gasteiger partial charge in [-0.05, 0) is 39.2 Å². The van der Waals surface area contributed by atoms with Crippen LogP contribution in [0.2, 0.25) is 5.02 Å². The fraction of sp³-hybridized carbons (Fsp3) is 0.400. The second kappa shape index (κ2) is 13.8. The van der Waals surface area contributed by atoms with Crippen molar-refractivity contribution in [3.05, 3.63) is 79.7 Å². The Hall–Kier alpha value is -3.97. The summed E-state index contributed by atoms with van der Waals surface area (Å²) in [6, 6.07) is 1.23. The number of esters is 2. The molecule has 1 unspecified atom stereocenters. The summed E-state index contributed by atoms with van der Waals surface area (Å²) >= 11 is 7.64. The molecular formula is C30H31ClF2N6O4S. The predicted octanol–water partition coefficient (Wildman–Crippen LogP) is 5.43. The van der Waals surface area contributed by atoms with Crippen LogP contribution in [0.4, 0.5) is 14.7 Å². The highest BCUT2D eigenvalue weighted by molar-refractivity contribution is 7.11. The average Bonchev–Trinajstić information content (AvgIpc) is 3.58. The Morgan fingerprint density at radius 3 is 2.48 bits per heavy atom. The third-order valence-electron chi connectivity index (χ3n) is 7.45. The first kappa shape index (κ1) is 31.5. The molecule has 2 aliphatic heterocycles. The topological polar surface area (TPSA) is 119 Å². The number of aromatic nitrogens is 3. The number of amidine groups is 1. The number of nitrogens with zero attached hydrogens (tertiary/aromatic N) is 5. The molecule has 0 aliphatic carbocycles. The molecule has 1 aromatic carbocycles. The van der Waals surface area contributed by atoms with Crippen molar-refractivity contribution < 1.29 is 27.8 Å².